The van der Waals surface area contributed by atoms with Crippen LogP contribution >= 0.6 is 11.6 Å². The number of esters is 1. The average Bonchev–Trinajstić information content (AvgIpc) is 2.24. The molecule has 1 rings (SSSR count). The Kier molecular flexibility index (Phi) is 4.97. The van der Waals surface area contributed by atoms with E-state index in [0.717, 1.165) is 17.5 Å². The van der Waals surface area contributed by atoms with Crippen LogP contribution in [-0.2, 0) is 16.0 Å². The normalized spacial score (nSPS) is 11.8. The third-order valence-electron chi connectivity index (χ3n) is 2.29. The predicted molar refractivity (Wildman–Crippen MR) is 75.7 cm³/mol. The zero-order valence-electron chi connectivity index (χ0n) is 11.3. The predicted octanol–water partition coefficient (Wildman–Crippen LogP) is 4.26. The van der Waals surface area contributed by atoms with Gasteiger partial charge >= 0.3 is 5.97 Å². The lowest BCUT2D eigenvalue weighted by Gasteiger charge is -2.18. The number of ether oxygens (including phenoxy) is 1. The van der Waals surface area contributed by atoms with Crippen LogP contribution in [0, 0.1) is 0 Å². The van der Waals surface area contributed by atoms with Crippen LogP contribution in [0.4, 0.5) is 0 Å². The van der Waals surface area contributed by atoms with E-state index in [1.54, 1.807) is 6.08 Å². The molecule has 3 heteroatoms. The Balaban J connectivity index is 2.84. The molecule has 1 aromatic rings. The van der Waals surface area contributed by atoms with Gasteiger partial charge in [0, 0.05) is 11.1 Å². The summed E-state index contributed by atoms with van der Waals surface area (Å²) in [5.74, 6) is -0.343. The molecule has 0 spiro atoms. The molecule has 0 fully saturated rings. The van der Waals surface area contributed by atoms with Crippen LogP contribution in [0.3, 0.4) is 0 Å². The highest BCUT2D eigenvalue weighted by Gasteiger charge is 2.13. The van der Waals surface area contributed by atoms with Crippen molar-refractivity contribution in [2.45, 2.75) is 39.7 Å². The molecule has 2 nitrogen and oxygen atoms in total. The molecule has 0 saturated heterocycles. The molecule has 1 aromatic carbocycles. The second-order valence-corrected chi connectivity index (χ2v) is 5.50. The number of aryl methyl sites for hydroxylation is 1. The fraction of sp³-hybridized carbons (Fsp3) is 0.400. The Hall–Kier alpha value is -1.28. The highest BCUT2D eigenvalue weighted by molar-refractivity contribution is 6.30. The topological polar surface area (TPSA) is 26.3 Å². The van der Waals surface area contributed by atoms with Gasteiger partial charge in [-0.3, -0.25) is 0 Å². The van der Waals surface area contributed by atoms with Crippen molar-refractivity contribution in [3.8, 4) is 0 Å². The zero-order valence-corrected chi connectivity index (χ0v) is 12.0. The number of rotatable bonds is 3. The maximum atomic E-state index is 11.6. The lowest BCUT2D eigenvalue weighted by molar-refractivity contribution is -0.148. The molecule has 0 radical (unpaired) electrons. The Bertz CT molecular complexity index is 456. The molecule has 0 saturated carbocycles. The first-order chi connectivity index (χ1) is 8.31. The van der Waals surface area contributed by atoms with Crippen LogP contribution in [0.1, 0.15) is 38.8 Å². The minimum absolute atomic E-state index is 0.343. The van der Waals surface area contributed by atoms with E-state index in [1.807, 2.05) is 39.0 Å². The summed E-state index contributed by atoms with van der Waals surface area (Å²) < 4.78 is 5.20. The Morgan fingerprint density at radius 2 is 2.06 bits per heavy atom. The van der Waals surface area contributed by atoms with Crippen LogP contribution in [0.15, 0.2) is 24.3 Å². The van der Waals surface area contributed by atoms with Gasteiger partial charge in [0.15, 0.2) is 0 Å². The van der Waals surface area contributed by atoms with Crippen LogP contribution < -0.4 is 0 Å². The van der Waals surface area contributed by atoms with E-state index in [4.69, 9.17) is 16.3 Å². The van der Waals surface area contributed by atoms with Crippen molar-refractivity contribution in [3.63, 3.8) is 0 Å². The lowest BCUT2D eigenvalue weighted by atomic mass is 10.0. The molecule has 0 atom stereocenters. The van der Waals surface area contributed by atoms with Crippen molar-refractivity contribution in [2.24, 2.45) is 0 Å². The molecule has 0 N–H and O–H groups in total. The number of hydrogen-bond acceptors (Lipinski definition) is 2. The summed E-state index contributed by atoms with van der Waals surface area (Å²) in [7, 11) is 0. The van der Waals surface area contributed by atoms with Gasteiger partial charge < -0.3 is 4.74 Å². The highest BCUT2D eigenvalue weighted by Crippen LogP contribution is 2.18. The van der Waals surface area contributed by atoms with Crippen LogP contribution in [-0.4, -0.2) is 11.6 Å². The van der Waals surface area contributed by atoms with Crippen LogP contribution in [0.2, 0.25) is 5.02 Å². The van der Waals surface area contributed by atoms with Gasteiger partial charge in [0.2, 0.25) is 0 Å². The molecule has 0 heterocycles. The van der Waals surface area contributed by atoms with Crippen LogP contribution in [0.25, 0.3) is 6.08 Å². The van der Waals surface area contributed by atoms with E-state index in [1.165, 1.54) is 6.08 Å². The summed E-state index contributed by atoms with van der Waals surface area (Å²) in [4.78, 5) is 11.6. The summed E-state index contributed by atoms with van der Waals surface area (Å²) in [6, 6.07) is 5.67. The van der Waals surface area contributed by atoms with Crippen molar-refractivity contribution in [2.75, 3.05) is 0 Å². The summed E-state index contributed by atoms with van der Waals surface area (Å²) in [6.45, 7) is 7.59. The van der Waals surface area contributed by atoms with Gasteiger partial charge in [0.1, 0.15) is 5.60 Å². The van der Waals surface area contributed by atoms with Gasteiger partial charge in [-0.05, 0) is 56.5 Å². The number of benzene rings is 1. The Morgan fingerprint density at radius 1 is 1.39 bits per heavy atom. The third kappa shape index (κ3) is 4.92. The number of halogens is 1. The van der Waals surface area contributed by atoms with E-state index in [0.29, 0.717) is 5.02 Å². The Labute approximate surface area is 114 Å². The fourth-order valence-electron chi connectivity index (χ4n) is 1.54. The maximum Gasteiger partial charge on any atom is 0.331 e. The van der Waals surface area contributed by atoms with Gasteiger partial charge in [-0.15, -0.1) is 0 Å². The van der Waals surface area contributed by atoms with Gasteiger partial charge in [0.25, 0.3) is 0 Å². The third-order valence-corrected chi connectivity index (χ3v) is 2.53. The minimum Gasteiger partial charge on any atom is -0.457 e. The van der Waals surface area contributed by atoms with E-state index >= 15 is 0 Å². The average molecular weight is 267 g/mol. The van der Waals surface area contributed by atoms with Crippen molar-refractivity contribution in [1.82, 2.24) is 0 Å². The van der Waals surface area contributed by atoms with Crippen molar-refractivity contribution >= 4 is 23.6 Å². The monoisotopic (exact) mass is 266 g/mol. The minimum atomic E-state index is -0.469. The molecule has 0 aliphatic heterocycles. The maximum absolute atomic E-state index is 11.6. The lowest BCUT2D eigenvalue weighted by Crippen LogP contribution is -2.22. The van der Waals surface area contributed by atoms with E-state index < -0.39 is 5.60 Å². The van der Waals surface area contributed by atoms with Gasteiger partial charge in [-0.2, -0.15) is 0 Å². The Morgan fingerprint density at radius 3 is 2.61 bits per heavy atom. The smallest absolute Gasteiger partial charge is 0.331 e. The number of hydrogen-bond donors (Lipinski definition) is 0. The summed E-state index contributed by atoms with van der Waals surface area (Å²) in [5.41, 5.74) is 1.64. The number of carbonyl (C=O) groups is 1. The molecule has 0 unspecified atom stereocenters. The first kappa shape index (κ1) is 14.8. The van der Waals surface area contributed by atoms with Crippen LogP contribution in [0.5, 0.6) is 0 Å². The second kappa shape index (κ2) is 6.05. The summed E-state index contributed by atoms with van der Waals surface area (Å²) in [6.07, 6.45) is 4.08. The fourth-order valence-corrected chi connectivity index (χ4v) is 1.72. The van der Waals surface area contributed by atoms with Crippen molar-refractivity contribution < 1.29 is 9.53 Å². The van der Waals surface area contributed by atoms with Gasteiger partial charge in [0.05, 0.1) is 0 Å². The standard InChI is InChI=1S/C15H19ClO2/c1-5-11-6-8-13(16)10-12(11)7-9-14(17)18-15(2,3)4/h6-10H,5H2,1-4H3/b9-7+. The van der Waals surface area contributed by atoms with Crippen molar-refractivity contribution in [1.29, 1.82) is 0 Å². The molecule has 98 valence electrons. The van der Waals surface area contributed by atoms with Crippen molar-refractivity contribution in [3.05, 3.63) is 40.4 Å². The SMILES string of the molecule is CCc1ccc(Cl)cc1/C=C/C(=O)OC(C)(C)C. The highest BCUT2D eigenvalue weighted by atomic mass is 35.5. The molecule has 0 amide bonds. The van der Waals surface area contributed by atoms with E-state index in [-0.39, 0.29) is 5.97 Å². The molecular formula is C15H19ClO2. The molecule has 0 bridgehead atoms. The largest absolute Gasteiger partial charge is 0.457 e. The molecule has 18 heavy (non-hydrogen) atoms. The first-order valence-corrected chi connectivity index (χ1v) is 6.39. The molecule has 0 aliphatic carbocycles. The molecule has 0 aliphatic rings. The summed E-state index contributed by atoms with van der Waals surface area (Å²) in [5, 5.41) is 0.663. The van der Waals surface area contributed by atoms with E-state index in [9.17, 15) is 4.79 Å². The van der Waals surface area contributed by atoms with E-state index in [2.05, 4.69) is 6.92 Å². The quantitative estimate of drug-likeness (QED) is 0.604. The van der Waals surface area contributed by atoms with Gasteiger partial charge in [-0.25, -0.2) is 4.79 Å². The first-order valence-electron chi connectivity index (χ1n) is 6.01. The molecule has 0 aromatic heterocycles. The second-order valence-electron chi connectivity index (χ2n) is 5.06. The summed E-state index contributed by atoms with van der Waals surface area (Å²) >= 11 is 5.95. The van der Waals surface area contributed by atoms with Gasteiger partial charge in [-0.1, -0.05) is 24.6 Å². The molecular weight excluding hydrogens is 248 g/mol. The zero-order chi connectivity index (χ0) is 13.8. The number of carbonyl (C=O) groups excluding carboxylic acids is 1.